The van der Waals surface area contributed by atoms with Crippen LogP contribution in [-0.4, -0.2) is 17.0 Å². The average molecular weight is 316 g/mol. The second-order valence-corrected chi connectivity index (χ2v) is 6.07. The molecule has 2 heterocycles. The number of pyridine rings is 1. The van der Waals surface area contributed by atoms with Crippen LogP contribution in [0.3, 0.4) is 0 Å². The van der Waals surface area contributed by atoms with Crippen molar-refractivity contribution in [2.75, 3.05) is 7.05 Å². The van der Waals surface area contributed by atoms with Crippen LogP contribution in [0.15, 0.2) is 48.7 Å². The minimum absolute atomic E-state index is 0.633. The van der Waals surface area contributed by atoms with E-state index in [0.717, 1.165) is 28.5 Å². The Bertz CT molecular complexity index is 723. The number of hydrogen-bond acceptors (Lipinski definition) is 4. The van der Waals surface area contributed by atoms with Crippen molar-refractivity contribution >= 4 is 22.9 Å². The Morgan fingerprint density at radius 3 is 2.62 bits per heavy atom. The second kappa shape index (κ2) is 6.35. The number of hydrogen-bond donors (Lipinski definition) is 1. The Morgan fingerprint density at radius 2 is 1.95 bits per heavy atom. The molecule has 0 saturated carbocycles. The molecule has 21 heavy (non-hydrogen) atoms. The van der Waals surface area contributed by atoms with Crippen molar-refractivity contribution in [2.24, 2.45) is 0 Å². The number of nitrogens with zero attached hydrogens (tertiary/aromatic N) is 2. The Morgan fingerprint density at radius 1 is 1.14 bits per heavy atom. The summed E-state index contributed by atoms with van der Waals surface area (Å²) in [5.41, 5.74) is 2.99. The van der Waals surface area contributed by atoms with Crippen LogP contribution in [0.5, 0.6) is 0 Å². The Kier molecular flexibility index (Phi) is 4.29. The van der Waals surface area contributed by atoms with Gasteiger partial charge < -0.3 is 5.32 Å². The molecule has 3 aromatic rings. The minimum Gasteiger partial charge on any atom is -0.315 e. The quantitative estimate of drug-likeness (QED) is 0.782. The number of halogens is 1. The van der Waals surface area contributed by atoms with E-state index in [1.54, 1.807) is 17.5 Å². The lowest BCUT2D eigenvalue weighted by Gasteiger charge is -2.00. The van der Waals surface area contributed by atoms with Gasteiger partial charge in [-0.15, -0.1) is 11.3 Å². The van der Waals surface area contributed by atoms with E-state index in [1.165, 1.54) is 4.88 Å². The highest BCUT2D eigenvalue weighted by molar-refractivity contribution is 7.15. The molecule has 0 aliphatic heterocycles. The summed E-state index contributed by atoms with van der Waals surface area (Å²) in [6, 6.07) is 14.0. The smallest absolute Gasteiger partial charge is 0.142 e. The van der Waals surface area contributed by atoms with E-state index in [-0.39, 0.29) is 0 Å². The Balaban J connectivity index is 2.06. The minimum atomic E-state index is 0.633. The summed E-state index contributed by atoms with van der Waals surface area (Å²) in [5, 5.41) is 4.74. The molecule has 2 aromatic heterocycles. The maximum Gasteiger partial charge on any atom is 0.142 e. The maximum absolute atomic E-state index is 5.89. The van der Waals surface area contributed by atoms with Crippen LogP contribution in [0.4, 0.5) is 0 Å². The Hall–Kier alpha value is -1.75. The summed E-state index contributed by atoms with van der Waals surface area (Å²) in [6.45, 7) is 0.787. The molecule has 0 amide bonds. The average Bonchev–Trinajstić information content (AvgIpc) is 2.93. The highest BCUT2D eigenvalue weighted by atomic mass is 35.5. The number of aromatic nitrogens is 2. The summed E-state index contributed by atoms with van der Waals surface area (Å²) in [6.07, 6.45) is 1.65. The zero-order chi connectivity index (χ0) is 14.7. The third kappa shape index (κ3) is 3.13. The van der Waals surface area contributed by atoms with E-state index < -0.39 is 0 Å². The zero-order valence-electron chi connectivity index (χ0n) is 11.5. The van der Waals surface area contributed by atoms with Gasteiger partial charge in [-0.3, -0.25) is 4.98 Å². The van der Waals surface area contributed by atoms with Crippen molar-refractivity contribution < 1.29 is 0 Å². The molecule has 0 aliphatic carbocycles. The molecule has 0 unspecified atom stereocenters. The molecule has 0 spiro atoms. The van der Waals surface area contributed by atoms with Crippen LogP contribution in [0.1, 0.15) is 4.88 Å². The number of nitrogens with one attached hydrogen (secondary N) is 1. The summed E-state index contributed by atoms with van der Waals surface area (Å²) in [5.74, 6) is 0. The van der Waals surface area contributed by atoms with E-state index in [1.807, 2.05) is 37.4 Å². The van der Waals surface area contributed by atoms with Crippen molar-refractivity contribution in [1.29, 1.82) is 0 Å². The van der Waals surface area contributed by atoms with Crippen molar-refractivity contribution in [2.45, 2.75) is 6.54 Å². The normalized spacial score (nSPS) is 10.8. The maximum atomic E-state index is 5.89. The third-order valence-corrected chi connectivity index (χ3v) is 4.33. The molecule has 3 nitrogen and oxygen atoms in total. The predicted octanol–water partition coefficient (Wildman–Crippen LogP) is 4.24. The van der Waals surface area contributed by atoms with Gasteiger partial charge in [-0.05, 0) is 19.2 Å². The standard InChI is InChI=1S/C16H14ClN3S/c1-18-10-14-15(11-5-3-2-4-6-11)20-16(21-14)13-8-7-12(17)9-19-13/h2-9,18H,10H2,1H3. The molecule has 1 N–H and O–H groups in total. The molecule has 106 valence electrons. The van der Waals surface area contributed by atoms with Gasteiger partial charge in [0, 0.05) is 23.2 Å². The van der Waals surface area contributed by atoms with E-state index >= 15 is 0 Å². The fourth-order valence-electron chi connectivity index (χ4n) is 2.07. The zero-order valence-corrected chi connectivity index (χ0v) is 13.1. The number of rotatable bonds is 4. The van der Waals surface area contributed by atoms with Gasteiger partial charge in [-0.1, -0.05) is 41.9 Å². The molecule has 0 saturated heterocycles. The summed E-state index contributed by atoms with van der Waals surface area (Å²) in [7, 11) is 1.94. The van der Waals surface area contributed by atoms with Crippen LogP contribution >= 0.6 is 22.9 Å². The van der Waals surface area contributed by atoms with Gasteiger partial charge in [-0.25, -0.2) is 4.98 Å². The third-order valence-electron chi connectivity index (χ3n) is 3.03. The van der Waals surface area contributed by atoms with Gasteiger partial charge in [0.2, 0.25) is 0 Å². The highest BCUT2D eigenvalue weighted by Gasteiger charge is 2.14. The first-order chi connectivity index (χ1) is 10.3. The lowest BCUT2D eigenvalue weighted by molar-refractivity contribution is 0.831. The van der Waals surface area contributed by atoms with E-state index in [2.05, 4.69) is 22.4 Å². The molecule has 0 atom stereocenters. The molecular weight excluding hydrogens is 302 g/mol. The lowest BCUT2D eigenvalue weighted by atomic mass is 10.1. The fourth-order valence-corrected chi connectivity index (χ4v) is 3.25. The Labute approximate surface area is 132 Å². The second-order valence-electron chi connectivity index (χ2n) is 4.55. The van der Waals surface area contributed by atoms with Crippen LogP contribution < -0.4 is 5.32 Å². The summed E-state index contributed by atoms with van der Waals surface area (Å²) < 4.78 is 0. The molecule has 1 aromatic carbocycles. The van der Waals surface area contributed by atoms with Crippen molar-refractivity contribution in [3.05, 3.63) is 58.6 Å². The monoisotopic (exact) mass is 315 g/mol. The van der Waals surface area contributed by atoms with E-state index in [4.69, 9.17) is 16.6 Å². The fraction of sp³-hybridized carbons (Fsp3) is 0.125. The lowest BCUT2D eigenvalue weighted by Crippen LogP contribution is -2.04. The molecule has 0 fully saturated rings. The van der Waals surface area contributed by atoms with Gasteiger partial charge in [0.15, 0.2) is 0 Å². The van der Waals surface area contributed by atoms with Crippen LogP contribution in [0.2, 0.25) is 5.02 Å². The first-order valence-electron chi connectivity index (χ1n) is 6.59. The van der Waals surface area contributed by atoms with Crippen LogP contribution in [-0.2, 0) is 6.54 Å². The topological polar surface area (TPSA) is 37.8 Å². The molecule has 3 rings (SSSR count). The summed E-state index contributed by atoms with van der Waals surface area (Å²) >= 11 is 7.55. The number of benzene rings is 1. The predicted molar refractivity (Wildman–Crippen MR) is 88.6 cm³/mol. The van der Waals surface area contributed by atoms with Crippen molar-refractivity contribution in [1.82, 2.24) is 15.3 Å². The van der Waals surface area contributed by atoms with E-state index in [9.17, 15) is 0 Å². The van der Waals surface area contributed by atoms with Crippen molar-refractivity contribution in [3.8, 4) is 22.0 Å². The molecule has 0 aliphatic rings. The largest absolute Gasteiger partial charge is 0.315 e. The SMILES string of the molecule is CNCc1sc(-c2ccc(Cl)cn2)nc1-c1ccccc1. The van der Waals surface area contributed by atoms with Crippen LogP contribution in [0, 0.1) is 0 Å². The van der Waals surface area contributed by atoms with Gasteiger partial charge in [0.1, 0.15) is 5.01 Å². The van der Waals surface area contributed by atoms with Gasteiger partial charge in [-0.2, -0.15) is 0 Å². The van der Waals surface area contributed by atoms with E-state index in [0.29, 0.717) is 5.02 Å². The first kappa shape index (κ1) is 14.2. The van der Waals surface area contributed by atoms with Gasteiger partial charge in [0.05, 0.1) is 16.4 Å². The summed E-state index contributed by atoms with van der Waals surface area (Å²) in [4.78, 5) is 10.3. The molecule has 0 bridgehead atoms. The molecular formula is C16H14ClN3S. The van der Waals surface area contributed by atoms with Crippen LogP contribution in [0.25, 0.3) is 22.0 Å². The molecule has 5 heteroatoms. The van der Waals surface area contributed by atoms with Crippen molar-refractivity contribution in [3.63, 3.8) is 0 Å². The number of thiazole rings is 1. The van der Waals surface area contributed by atoms with Gasteiger partial charge in [0.25, 0.3) is 0 Å². The molecule has 0 radical (unpaired) electrons. The highest BCUT2D eigenvalue weighted by Crippen LogP contribution is 2.33. The first-order valence-corrected chi connectivity index (χ1v) is 7.79. The van der Waals surface area contributed by atoms with Gasteiger partial charge >= 0.3 is 0 Å².